The van der Waals surface area contributed by atoms with E-state index in [9.17, 15) is 14.7 Å². The number of hydrogen-bond acceptors (Lipinski definition) is 4. The lowest BCUT2D eigenvalue weighted by Gasteiger charge is -2.41. The van der Waals surface area contributed by atoms with Crippen LogP contribution in [0.3, 0.4) is 0 Å². The largest absolute Gasteiger partial charge is 0.481 e. The third-order valence-corrected chi connectivity index (χ3v) is 5.74. The van der Waals surface area contributed by atoms with Crippen molar-refractivity contribution in [2.24, 2.45) is 13.0 Å². The number of carbonyl (C=O) groups excluding carboxylic acids is 1. The maximum atomic E-state index is 11.7. The highest BCUT2D eigenvalue weighted by molar-refractivity contribution is 5.88. The number of carboxylic acids is 1. The predicted molar refractivity (Wildman–Crippen MR) is 91.8 cm³/mol. The highest BCUT2D eigenvalue weighted by Gasteiger charge is 2.51. The lowest BCUT2D eigenvalue weighted by molar-refractivity contribution is -0.144. The van der Waals surface area contributed by atoms with Crippen molar-refractivity contribution in [1.82, 2.24) is 19.8 Å². The summed E-state index contributed by atoms with van der Waals surface area (Å²) in [6, 6.07) is 8.06. The van der Waals surface area contributed by atoms with Crippen LogP contribution in [0.5, 0.6) is 0 Å². The lowest BCUT2D eigenvalue weighted by Crippen LogP contribution is -2.55. The quantitative estimate of drug-likeness (QED) is 0.873. The molecule has 1 aromatic carbocycles. The van der Waals surface area contributed by atoms with Gasteiger partial charge in [-0.15, -0.1) is 0 Å². The fourth-order valence-electron chi connectivity index (χ4n) is 4.24. The summed E-state index contributed by atoms with van der Waals surface area (Å²) in [5.74, 6) is -0.626. The number of benzene rings is 1. The van der Waals surface area contributed by atoms with E-state index >= 15 is 0 Å². The molecule has 4 rings (SSSR count). The van der Waals surface area contributed by atoms with Gasteiger partial charge < -0.3 is 15.0 Å². The zero-order valence-electron chi connectivity index (χ0n) is 14.2. The number of aliphatic carboxylic acids is 1. The Morgan fingerprint density at radius 2 is 2.08 bits per heavy atom. The maximum Gasteiger partial charge on any atom is 0.309 e. The number of rotatable bonds is 3. The second-order valence-electron chi connectivity index (χ2n) is 7.15. The maximum absolute atomic E-state index is 11.7. The van der Waals surface area contributed by atoms with Crippen LogP contribution < -0.4 is 5.32 Å². The Balaban J connectivity index is 1.48. The Kier molecular flexibility index (Phi) is 3.76. The van der Waals surface area contributed by atoms with Crippen molar-refractivity contribution in [3.05, 3.63) is 30.1 Å². The number of hydrogen-bond donors (Lipinski definition) is 2. The van der Waals surface area contributed by atoms with E-state index in [0.717, 1.165) is 36.5 Å². The number of para-hydroxylation sites is 2. The van der Waals surface area contributed by atoms with Gasteiger partial charge in [-0.05, 0) is 25.0 Å². The Morgan fingerprint density at radius 1 is 1.36 bits per heavy atom. The molecule has 7 nitrogen and oxygen atoms in total. The van der Waals surface area contributed by atoms with E-state index in [2.05, 4.69) is 20.9 Å². The minimum atomic E-state index is -0.873. The number of piperidine rings is 1. The van der Waals surface area contributed by atoms with Crippen molar-refractivity contribution in [3.8, 4) is 0 Å². The van der Waals surface area contributed by atoms with Crippen LogP contribution in [-0.4, -0.2) is 50.1 Å². The molecular weight excluding hydrogens is 320 g/mol. The number of fused-ring (bicyclic) bond motifs is 1. The van der Waals surface area contributed by atoms with Crippen LogP contribution in [0.15, 0.2) is 24.3 Å². The van der Waals surface area contributed by atoms with Gasteiger partial charge in [0.25, 0.3) is 0 Å². The Labute approximate surface area is 145 Å². The summed E-state index contributed by atoms with van der Waals surface area (Å²) in [4.78, 5) is 30.3. The molecule has 2 aliphatic heterocycles. The van der Waals surface area contributed by atoms with Gasteiger partial charge in [0.05, 0.1) is 29.0 Å². The fourth-order valence-corrected chi connectivity index (χ4v) is 4.24. The molecule has 1 aromatic heterocycles. The SMILES string of the molecule is Cn1c(CN2CCC3(CC2)NC(=O)C[C@@H]3C(=O)O)nc2ccccc21. The standard InChI is InChI=1S/C18H22N4O3/c1-21-14-5-3-2-4-13(14)19-15(21)11-22-8-6-18(7-9-22)12(17(24)25)10-16(23)20-18/h2-5,12H,6-11H2,1H3,(H,20,23)(H,24,25)/t12-/m1/s1. The lowest BCUT2D eigenvalue weighted by atomic mass is 9.78. The van der Waals surface area contributed by atoms with E-state index < -0.39 is 17.4 Å². The summed E-state index contributed by atoms with van der Waals surface area (Å²) < 4.78 is 2.11. The van der Waals surface area contributed by atoms with Crippen LogP contribution in [-0.2, 0) is 23.2 Å². The van der Waals surface area contributed by atoms with E-state index in [1.807, 2.05) is 25.2 Å². The van der Waals surface area contributed by atoms with Crippen LogP contribution in [0.4, 0.5) is 0 Å². The average Bonchev–Trinajstić information content (AvgIpc) is 3.08. The molecule has 0 aliphatic carbocycles. The predicted octanol–water partition coefficient (Wildman–Crippen LogP) is 1.13. The minimum Gasteiger partial charge on any atom is -0.481 e. The number of likely N-dealkylation sites (tertiary alicyclic amines) is 1. The normalized spacial score (nSPS) is 23.2. The van der Waals surface area contributed by atoms with Gasteiger partial charge in [-0.3, -0.25) is 14.5 Å². The molecule has 132 valence electrons. The Morgan fingerprint density at radius 3 is 2.76 bits per heavy atom. The number of aromatic nitrogens is 2. The monoisotopic (exact) mass is 342 g/mol. The number of nitrogens with one attached hydrogen (secondary N) is 1. The molecule has 0 bridgehead atoms. The average molecular weight is 342 g/mol. The molecule has 0 radical (unpaired) electrons. The summed E-state index contributed by atoms with van der Waals surface area (Å²) in [6.07, 6.45) is 1.43. The first-order valence-corrected chi connectivity index (χ1v) is 8.65. The van der Waals surface area contributed by atoms with Gasteiger partial charge in [-0.1, -0.05) is 12.1 Å². The number of carboxylic acid groups (broad SMARTS) is 1. The van der Waals surface area contributed by atoms with E-state index in [1.165, 1.54) is 0 Å². The first-order valence-electron chi connectivity index (χ1n) is 8.65. The molecule has 7 heteroatoms. The first kappa shape index (κ1) is 16.1. The topological polar surface area (TPSA) is 87.5 Å². The van der Waals surface area contributed by atoms with Crippen LogP contribution in [0.1, 0.15) is 25.1 Å². The molecule has 2 saturated heterocycles. The Bertz CT molecular complexity index is 836. The summed E-state index contributed by atoms with van der Waals surface area (Å²) in [6.45, 7) is 2.24. The van der Waals surface area contributed by atoms with Crippen molar-refractivity contribution in [3.63, 3.8) is 0 Å². The van der Waals surface area contributed by atoms with Gasteiger partial charge in [0.1, 0.15) is 5.82 Å². The van der Waals surface area contributed by atoms with Gasteiger partial charge in [0.15, 0.2) is 0 Å². The summed E-state index contributed by atoms with van der Waals surface area (Å²) >= 11 is 0. The molecule has 2 fully saturated rings. The molecule has 2 aliphatic rings. The van der Waals surface area contributed by atoms with Crippen molar-refractivity contribution in [2.75, 3.05) is 13.1 Å². The van der Waals surface area contributed by atoms with Crippen LogP contribution in [0.25, 0.3) is 11.0 Å². The molecule has 0 unspecified atom stereocenters. The van der Waals surface area contributed by atoms with Gasteiger partial charge in [0, 0.05) is 26.6 Å². The summed E-state index contributed by atoms with van der Waals surface area (Å²) in [5, 5.41) is 12.4. The molecule has 0 saturated carbocycles. The zero-order chi connectivity index (χ0) is 17.6. The second kappa shape index (κ2) is 5.84. The third kappa shape index (κ3) is 2.68. The molecule has 3 heterocycles. The fraction of sp³-hybridized carbons (Fsp3) is 0.500. The third-order valence-electron chi connectivity index (χ3n) is 5.74. The smallest absolute Gasteiger partial charge is 0.309 e. The van der Waals surface area contributed by atoms with E-state index in [0.29, 0.717) is 12.8 Å². The van der Waals surface area contributed by atoms with Crippen molar-refractivity contribution in [2.45, 2.75) is 31.3 Å². The van der Waals surface area contributed by atoms with Gasteiger partial charge in [0.2, 0.25) is 5.91 Å². The zero-order valence-corrected chi connectivity index (χ0v) is 14.2. The van der Waals surface area contributed by atoms with Crippen LogP contribution in [0.2, 0.25) is 0 Å². The highest BCUT2D eigenvalue weighted by Crippen LogP contribution is 2.37. The molecule has 2 N–H and O–H groups in total. The number of nitrogens with zero attached hydrogens (tertiary/aromatic N) is 3. The van der Waals surface area contributed by atoms with Crippen molar-refractivity contribution < 1.29 is 14.7 Å². The first-order chi connectivity index (χ1) is 12.0. The van der Waals surface area contributed by atoms with Gasteiger partial charge in [-0.25, -0.2) is 4.98 Å². The Hall–Kier alpha value is -2.41. The van der Waals surface area contributed by atoms with Gasteiger partial charge in [-0.2, -0.15) is 0 Å². The molecule has 2 aromatic rings. The molecule has 1 spiro atoms. The molecule has 1 atom stereocenters. The number of amides is 1. The van der Waals surface area contributed by atoms with E-state index in [1.54, 1.807) is 0 Å². The number of carbonyl (C=O) groups is 2. The number of imidazole rings is 1. The summed E-state index contributed by atoms with van der Waals surface area (Å²) in [7, 11) is 2.02. The second-order valence-corrected chi connectivity index (χ2v) is 7.15. The van der Waals surface area contributed by atoms with Crippen molar-refractivity contribution >= 4 is 22.9 Å². The molecule has 1 amide bonds. The van der Waals surface area contributed by atoms with E-state index in [-0.39, 0.29) is 12.3 Å². The minimum absolute atomic E-state index is 0.0973. The van der Waals surface area contributed by atoms with Crippen molar-refractivity contribution in [1.29, 1.82) is 0 Å². The molecular formula is C18H22N4O3. The summed E-state index contributed by atoms with van der Waals surface area (Å²) in [5.41, 5.74) is 1.52. The molecule has 25 heavy (non-hydrogen) atoms. The number of aryl methyl sites for hydroxylation is 1. The van der Waals surface area contributed by atoms with E-state index in [4.69, 9.17) is 4.98 Å². The highest BCUT2D eigenvalue weighted by atomic mass is 16.4. The van der Waals surface area contributed by atoms with Crippen LogP contribution >= 0.6 is 0 Å². The van der Waals surface area contributed by atoms with Crippen LogP contribution in [0, 0.1) is 5.92 Å². The van der Waals surface area contributed by atoms with Gasteiger partial charge >= 0.3 is 5.97 Å².